The predicted octanol–water partition coefficient (Wildman–Crippen LogP) is 4.24. The van der Waals surface area contributed by atoms with Gasteiger partial charge in [0.1, 0.15) is 0 Å². The van der Waals surface area contributed by atoms with Crippen LogP contribution in [0.15, 0.2) is 28.7 Å². The van der Waals surface area contributed by atoms with Gasteiger partial charge in [-0.15, -0.1) is 0 Å². The largest absolute Gasteiger partial charge is 0.337 e. The molecule has 28 heavy (non-hydrogen) atoms. The van der Waals surface area contributed by atoms with E-state index in [1.165, 1.54) is 10.0 Å². The highest BCUT2D eigenvalue weighted by Gasteiger charge is 2.38. The zero-order valence-corrected chi connectivity index (χ0v) is 19.5. The van der Waals surface area contributed by atoms with Gasteiger partial charge in [-0.2, -0.15) is 0 Å². The molecule has 0 bridgehead atoms. The molecule has 1 aromatic carbocycles. The maximum atomic E-state index is 13.2. The van der Waals surface area contributed by atoms with E-state index in [2.05, 4.69) is 82.7 Å². The molecule has 1 aromatic rings. The number of nitrogens with zero attached hydrogens (tertiary/aromatic N) is 3. The van der Waals surface area contributed by atoms with Crippen molar-refractivity contribution in [2.75, 3.05) is 39.8 Å². The van der Waals surface area contributed by atoms with E-state index in [0.717, 1.165) is 58.5 Å². The molecule has 1 atom stereocenters. The standard InChI is InChI=1S/C23H36BrN3O/c1-23(2,3)21-17-26(16-19-7-5-6-8-20(19)24)13-14-27(21)22(28)15-18-9-11-25(4)12-10-18/h5-8,18,21H,9-17H2,1-4H3/t21-/m1/s1. The highest BCUT2D eigenvalue weighted by molar-refractivity contribution is 9.10. The first-order valence-corrected chi connectivity index (χ1v) is 11.5. The van der Waals surface area contributed by atoms with Gasteiger partial charge in [-0.1, -0.05) is 54.9 Å². The first-order valence-electron chi connectivity index (χ1n) is 10.7. The van der Waals surface area contributed by atoms with E-state index in [4.69, 9.17) is 0 Å². The Morgan fingerprint density at radius 1 is 1.11 bits per heavy atom. The summed E-state index contributed by atoms with van der Waals surface area (Å²) in [5.41, 5.74) is 1.40. The molecule has 1 amide bonds. The minimum absolute atomic E-state index is 0.0784. The van der Waals surface area contributed by atoms with Crippen LogP contribution in [-0.2, 0) is 11.3 Å². The molecule has 0 spiro atoms. The molecule has 156 valence electrons. The first-order chi connectivity index (χ1) is 13.2. The van der Waals surface area contributed by atoms with Gasteiger partial charge in [-0.3, -0.25) is 9.69 Å². The van der Waals surface area contributed by atoms with Crippen LogP contribution in [0.4, 0.5) is 0 Å². The van der Waals surface area contributed by atoms with Crippen molar-refractivity contribution in [3.8, 4) is 0 Å². The lowest BCUT2D eigenvalue weighted by atomic mass is 9.83. The molecule has 5 heteroatoms. The third-order valence-corrected chi connectivity index (χ3v) is 7.21. The smallest absolute Gasteiger partial charge is 0.223 e. The Morgan fingerprint density at radius 2 is 1.79 bits per heavy atom. The molecule has 2 fully saturated rings. The quantitative estimate of drug-likeness (QED) is 0.687. The number of hydrogen-bond donors (Lipinski definition) is 0. The zero-order valence-electron chi connectivity index (χ0n) is 18.0. The van der Waals surface area contributed by atoms with Crippen LogP contribution in [0.2, 0.25) is 0 Å². The van der Waals surface area contributed by atoms with Crippen molar-refractivity contribution in [2.45, 2.75) is 52.6 Å². The number of benzene rings is 1. The molecule has 0 radical (unpaired) electrons. The number of likely N-dealkylation sites (tertiary alicyclic amines) is 1. The van der Waals surface area contributed by atoms with Gasteiger partial charge < -0.3 is 9.80 Å². The Bertz CT molecular complexity index is 664. The number of amides is 1. The number of halogens is 1. The second-order valence-electron chi connectivity index (χ2n) is 9.75. The van der Waals surface area contributed by atoms with E-state index in [0.29, 0.717) is 11.8 Å². The first kappa shape index (κ1) is 21.8. The highest BCUT2D eigenvalue weighted by atomic mass is 79.9. The second-order valence-corrected chi connectivity index (χ2v) is 10.6. The molecule has 0 aliphatic carbocycles. The van der Waals surface area contributed by atoms with Gasteiger partial charge >= 0.3 is 0 Å². The maximum absolute atomic E-state index is 13.2. The van der Waals surface area contributed by atoms with Gasteiger partial charge in [0.05, 0.1) is 0 Å². The van der Waals surface area contributed by atoms with Gasteiger partial charge in [-0.05, 0) is 55.9 Å². The second kappa shape index (κ2) is 9.27. The van der Waals surface area contributed by atoms with E-state index in [1.807, 2.05) is 0 Å². The van der Waals surface area contributed by atoms with Crippen LogP contribution in [0.1, 0.15) is 45.6 Å². The summed E-state index contributed by atoms with van der Waals surface area (Å²) in [6.45, 7) is 12.8. The fraction of sp³-hybridized carbons (Fsp3) is 0.696. The van der Waals surface area contributed by atoms with Gasteiger partial charge in [0.2, 0.25) is 5.91 Å². The number of hydrogen-bond acceptors (Lipinski definition) is 3. The number of piperidine rings is 1. The van der Waals surface area contributed by atoms with E-state index < -0.39 is 0 Å². The maximum Gasteiger partial charge on any atom is 0.223 e. The van der Waals surface area contributed by atoms with Gasteiger partial charge in [-0.25, -0.2) is 0 Å². The summed E-state index contributed by atoms with van der Waals surface area (Å²) in [7, 11) is 2.18. The lowest BCUT2D eigenvalue weighted by Gasteiger charge is -2.48. The molecule has 0 N–H and O–H groups in total. The molecule has 2 heterocycles. The fourth-order valence-electron chi connectivity index (χ4n) is 4.52. The third-order valence-electron chi connectivity index (χ3n) is 6.44. The van der Waals surface area contributed by atoms with Crippen LogP contribution in [0.5, 0.6) is 0 Å². The molecule has 2 aliphatic heterocycles. The van der Waals surface area contributed by atoms with Crippen LogP contribution in [0.3, 0.4) is 0 Å². The van der Waals surface area contributed by atoms with E-state index >= 15 is 0 Å². The van der Waals surface area contributed by atoms with Crippen molar-refractivity contribution in [3.63, 3.8) is 0 Å². The van der Waals surface area contributed by atoms with Crippen LogP contribution in [0, 0.1) is 11.3 Å². The molecular weight excluding hydrogens is 414 g/mol. The normalized spacial score (nSPS) is 23.2. The summed E-state index contributed by atoms with van der Waals surface area (Å²) in [6.07, 6.45) is 3.04. The Morgan fingerprint density at radius 3 is 2.43 bits per heavy atom. The highest BCUT2D eigenvalue weighted by Crippen LogP contribution is 2.31. The number of rotatable bonds is 4. The molecule has 2 saturated heterocycles. The number of carbonyl (C=O) groups is 1. The lowest BCUT2D eigenvalue weighted by molar-refractivity contribution is -0.141. The van der Waals surface area contributed by atoms with Crippen LogP contribution in [0.25, 0.3) is 0 Å². The summed E-state index contributed by atoms with van der Waals surface area (Å²) >= 11 is 3.68. The van der Waals surface area contributed by atoms with E-state index in [1.54, 1.807) is 0 Å². The monoisotopic (exact) mass is 449 g/mol. The summed E-state index contributed by atoms with van der Waals surface area (Å²) in [6, 6.07) is 8.72. The fourth-order valence-corrected chi connectivity index (χ4v) is 4.93. The molecular formula is C23H36BrN3O. The third kappa shape index (κ3) is 5.58. The van der Waals surface area contributed by atoms with Gasteiger partial charge in [0, 0.05) is 43.1 Å². The van der Waals surface area contributed by atoms with Crippen molar-refractivity contribution in [1.29, 1.82) is 0 Å². The average molecular weight is 450 g/mol. The summed E-state index contributed by atoms with van der Waals surface area (Å²) in [4.78, 5) is 20.3. The van der Waals surface area contributed by atoms with Crippen LogP contribution in [-0.4, -0.2) is 66.4 Å². The van der Waals surface area contributed by atoms with Crippen molar-refractivity contribution in [3.05, 3.63) is 34.3 Å². The zero-order chi connectivity index (χ0) is 20.3. The van der Waals surface area contributed by atoms with E-state index in [-0.39, 0.29) is 11.5 Å². The van der Waals surface area contributed by atoms with Gasteiger partial charge in [0.15, 0.2) is 0 Å². The van der Waals surface area contributed by atoms with Crippen LogP contribution >= 0.6 is 15.9 Å². The Kier molecular flexibility index (Phi) is 7.21. The number of piperazine rings is 1. The van der Waals surface area contributed by atoms with E-state index in [9.17, 15) is 4.79 Å². The van der Waals surface area contributed by atoms with Crippen molar-refractivity contribution in [2.24, 2.45) is 11.3 Å². The topological polar surface area (TPSA) is 26.8 Å². The van der Waals surface area contributed by atoms with Crippen molar-refractivity contribution < 1.29 is 4.79 Å². The minimum Gasteiger partial charge on any atom is -0.337 e. The Labute approximate surface area is 179 Å². The van der Waals surface area contributed by atoms with Crippen LogP contribution < -0.4 is 0 Å². The molecule has 0 aromatic heterocycles. The molecule has 2 aliphatic rings. The lowest BCUT2D eigenvalue weighted by Crippen LogP contribution is -2.59. The molecule has 3 rings (SSSR count). The Hall–Kier alpha value is -0.910. The Balaban J connectivity index is 1.64. The minimum atomic E-state index is 0.0784. The summed E-state index contributed by atoms with van der Waals surface area (Å²) in [5.74, 6) is 0.928. The molecule has 4 nitrogen and oxygen atoms in total. The molecule has 0 saturated carbocycles. The van der Waals surface area contributed by atoms with Gasteiger partial charge in [0.25, 0.3) is 0 Å². The average Bonchev–Trinajstić information content (AvgIpc) is 2.65. The predicted molar refractivity (Wildman–Crippen MR) is 119 cm³/mol. The van der Waals surface area contributed by atoms with Crippen molar-refractivity contribution >= 4 is 21.8 Å². The SMILES string of the molecule is CN1CCC(CC(=O)N2CCN(Cc3ccccc3Br)C[C@@H]2C(C)(C)C)CC1. The van der Waals surface area contributed by atoms with Crippen molar-refractivity contribution in [1.82, 2.24) is 14.7 Å². The number of carbonyl (C=O) groups excluding carboxylic acids is 1. The summed E-state index contributed by atoms with van der Waals surface area (Å²) in [5, 5.41) is 0. The molecule has 0 unspecified atom stereocenters. The summed E-state index contributed by atoms with van der Waals surface area (Å²) < 4.78 is 1.17.